The van der Waals surface area contributed by atoms with Gasteiger partial charge in [-0.2, -0.15) is 0 Å². The lowest BCUT2D eigenvalue weighted by atomic mass is 10.1. The molecular weight excluding hydrogens is 319 g/mol. The second kappa shape index (κ2) is 9.46. The van der Waals surface area contributed by atoms with Gasteiger partial charge in [0, 0.05) is 13.1 Å². The molecule has 1 aromatic rings. The summed E-state index contributed by atoms with van der Waals surface area (Å²) in [5.41, 5.74) is 6.83. The number of nitrogens with two attached hydrogens (primary N) is 1. The molecule has 0 aliphatic carbocycles. The van der Waals surface area contributed by atoms with Gasteiger partial charge >= 0.3 is 0 Å². The number of hydrogen-bond acceptors (Lipinski definition) is 2. The van der Waals surface area contributed by atoms with Crippen molar-refractivity contribution < 1.29 is 4.79 Å². The zero-order chi connectivity index (χ0) is 14.4. The first-order valence-electron chi connectivity index (χ1n) is 6.47. The van der Waals surface area contributed by atoms with Crippen LogP contribution in [0.1, 0.15) is 32.3 Å². The van der Waals surface area contributed by atoms with E-state index in [1.807, 2.05) is 19.9 Å². The number of hydrogen-bond donors (Lipinski definition) is 1. The summed E-state index contributed by atoms with van der Waals surface area (Å²) in [7, 11) is 0. The highest BCUT2D eigenvalue weighted by Gasteiger charge is 2.19. The lowest BCUT2D eigenvalue weighted by molar-refractivity contribution is -0.133. The van der Waals surface area contributed by atoms with E-state index in [0.29, 0.717) is 29.6 Å². The van der Waals surface area contributed by atoms with Gasteiger partial charge < -0.3 is 10.6 Å². The van der Waals surface area contributed by atoms with Gasteiger partial charge in [-0.1, -0.05) is 42.6 Å². The Balaban J connectivity index is 0.00000361. The maximum absolute atomic E-state index is 12.2. The van der Waals surface area contributed by atoms with Gasteiger partial charge in [0.2, 0.25) is 5.91 Å². The van der Waals surface area contributed by atoms with Crippen LogP contribution in [0.3, 0.4) is 0 Å². The third kappa shape index (κ3) is 5.49. The third-order valence-corrected chi connectivity index (χ3v) is 3.71. The van der Waals surface area contributed by atoms with Crippen molar-refractivity contribution in [2.75, 3.05) is 6.54 Å². The Morgan fingerprint density at radius 2 is 1.95 bits per heavy atom. The van der Waals surface area contributed by atoms with E-state index in [9.17, 15) is 4.79 Å². The molecular formula is C14H21Cl3N2O. The smallest absolute Gasteiger partial charge is 0.239 e. The van der Waals surface area contributed by atoms with Gasteiger partial charge in [0.05, 0.1) is 16.1 Å². The fraction of sp³-hybridized carbons (Fsp3) is 0.500. The maximum atomic E-state index is 12.2. The van der Waals surface area contributed by atoms with Gasteiger partial charge in [-0.15, -0.1) is 12.4 Å². The Kier molecular flexibility index (Phi) is 9.23. The maximum Gasteiger partial charge on any atom is 0.239 e. The van der Waals surface area contributed by atoms with Crippen LogP contribution < -0.4 is 5.73 Å². The van der Waals surface area contributed by atoms with Crippen LogP contribution >= 0.6 is 35.6 Å². The van der Waals surface area contributed by atoms with Crippen LogP contribution in [0.15, 0.2) is 18.2 Å². The standard InChI is InChI=1S/C14H20Cl2N2O.ClH/c1-3-5-13(17)14(19)18(4-2)9-10-6-7-11(15)12(16)8-10;/h6-8,13H,3-5,9,17H2,1-2H3;1H. The van der Waals surface area contributed by atoms with Crippen molar-refractivity contribution >= 4 is 41.5 Å². The predicted octanol–water partition coefficient (Wildman–Crippen LogP) is 3.89. The number of amides is 1. The Labute approximate surface area is 136 Å². The number of carbonyl (C=O) groups excluding carboxylic acids is 1. The molecule has 0 saturated carbocycles. The molecule has 0 saturated heterocycles. The molecule has 1 aromatic carbocycles. The summed E-state index contributed by atoms with van der Waals surface area (Å²) >= 11 is 11.8. The van der Waals surface area contributed by atoms with Gasteiger partial charge in [-0.05, 0) is 31.0 Å². The number of nitrogens with zero attached hydrogens (tertiary/aromatic N) is 1. The summed E-state index contributed by atoms with van der Waals surface area (Å²) in [5.74, 6) is -0.0181. The Hall–Kier alpha value is -0.480. The van der Waals surface area contributed by atoms with E-state index in [2.05, 4.69) is 0 Å². The van der Waals surface area contributed by atoms with E-state index in [1.54, 1.807) is 17.0 Å². The zero-order valence-electron chi connectivity index (χ0n) is 11.7. The van der Waals surface area contributed by atoms with E-state index < -0.39 is 6.04 Å². The number of likely N-dealkylation sites (N-methyl/N-ethyl adjacent to an activating group) is 1. The molecule has 1 amide bonds. The van der Waals surface area contributed by atoms with E-state index in [1.165, 1.54) is 0 Å². The van der Waals surface area contributed by atoms with Crippen molar-refractivity contribution in [3.8, 4) is 0 Å². The van der Waals surface area contributed by atoms with Gasteiger partial charge in [-0.3, -0.25) is 4.79 Å². The number of carbonyl (C=O) groups is 1. The lowest BCUT2D eigenvalue weighted by Gasteiger charge is -2.24. The van der Waals surface area contributed by atoms with Crippen LogP contribution in [0.5, 0.6) is 0 Å². The summed E-state index contributed by atoms with van der Waals surface area (Å²) in [5, 5.41) is 1.02. The molecule has 1 rings (SSSR count). The van der Waals surface area contributed by atoms with Crippen LogP contribution in [0, 0.1) is 0 Å². The van der Waals surface area contributed by atoms with Crippen molar-refractivity contribution in [1.29, 1.82) is 0 Å². The fourth-order valence-corrected chi connectivity index (χ4v) is 2.19. The van der Waals surface area contributed by atoms with E-state index in [-0.39, 0.29) is 18.3 Å². The molecule has 1 unspecified atom stereocenters. The summed E-state index contributed by atoms with van der Waals surface area (Å²) in [6.07, 6.45) is 1.61. The summed E-state index contributed by atoms with van der Waals surface area (Å²) in [6.45, 7) is 5.08. The topological polar surface area (TPSA) is 46.3 Å². The summed E-state index contributed by atoms with van der Waals surface area (Å²) in [4.78, 5) is 13.9. The monoisotopic (exact) mass is 338 g/mol. The quantitative estimate of drug-likeness (QED) is 0.854. The summed E-state index contributed by atoms with van der Waals surface area (Å²) < 4.78 is 0. The third-order valence-electron chi connectivity index (χ3n) is 2.97. The molecule has 0 aromatic heterocycles. The largest absolute Gasteiger partial charge is 0.337 e. The molecule has 0 spiro atoms. The van der Waals surface area contributed by atoms with E-state index in [4.69, 9.17) is 28.9 Å². The number of halogens is 3. The first-order valence-corrected chi connectivity index (χ1v) is 7.23. The highest BCUT2D eigenvalue weighted by atomic mass is 35.5. The second-order valence-electron chi connectivity index (χ2n) is 4.50. The van der Waals surface area contributed by atoms with Crippen molar-refractivity contribution in [3.63, 3.8) is 0 Å². The van der Waals surface area contributed by atoms with E-state index in [0.717, 1.165) is 12.0 Å². The molecule has 2 N–H and O–H groups in total. The average Bonchev–Trinajstić information content (AvgIpc) is 2.39. The van der Waals surface area contributed by atoms with Gasteiger partial charge in [0.15, 0.2) is 0 Å². The zero-order valence-corrected chi connectivity index (χ0v) is 14.1. The minimum absolute atomic E-state index is 0. The Bertz CT molecular complexity index is 440. The Morgan fingerprint density at radius 1 is 1.30 bits per heavy atom. The van der Waals surface area contributed by atoms with Gasteiger partial charge in [0.25, 0.3) is 0 Å². The highest BCUT2D eigenvalue weighted by Crippen LogP contribution is 2.23. The molecule has 6 heteroatoms. The first-order chi connectivity index (χ1) is 8.99. The minimum atomic E-state index is -0.423. The molecule has 0 fully saturated rings. The predicted molar refractivity (Wildman–Crippen MR) is 87.7 cm³/mol. The van der Waals surface area contributed by atoms with Crippen molar-refractivity contribution in [3.05, 3.63) is 33.8 Å². The van der Waals surface area contributed by atoms with Crippen LogP contribution in [-0.4, -0.2) is 23.4 Å². The number of rotatable bonds is 6. The molecule has 1 atom stereocenters. The highest BCUT2D eigenvalue weighted by molar-refractivity contribution is 6.42. The minimum Gasteiger partial charge on any atom is -0.337 e. The lowest BCUT2D eigenvalue weighted by Crippen LogP contribution is -2.43. The van der Waals surface area contributed by atoms with Crippen LogP contribution in [-0.2, 0) is 11.3 Å². The second-order valence-corrected chi connectivity index (χ2v) is 5.31. The van der Waals surface area contributed by atoms with Crippen molar-refractivity contribution in [2.24, 2.45) is 5.73 Å². The van der Waals surface area contributed by atoms with Crippen LogP contribution in [0.2, 0.25) is 10.0 Å². The van der Waals surface area contributed by atoms with Crippen LogP contribution in [0.25, 0.3) is 0 Å². The molecule has 0 aliphatic heterocycles. The molecule has 0 radical (unpaired) electrons. The molecule has 114 valence electrons. The molecule has 0 aliphatic rings. The molecule has 0 bridgehead atoms. The summed E-state index contributed by atoms with van der Waals surface area (Å²) in [6, 6.07) is 4.97. The molecule has 0 heterocycles. The van der Waals surface area contributed by atoms with Crippen molar-refractivity contribution in [1.82, 2.24) is 4.90 Å². The first kappa shape index (κ1) is 19.5. The van der Waals surface area contributed by atoms with Gasteiger partial charge in [-0.25, -0.2) is 0 Å². The Morgan fingerprint density at radius 3 is 2.45 bits per heavy atom. The van der Waals surface area contributed by atoms with Gasteiger partial charge in [0.1, 0.15) is 0 Å². The van der Waals surface area contributed by atoms with Crippen LogP contribution in [0.4, 0.5) is 0 Å². The number of benzene rings is 1. The molecule has 20 heavy (non-hydrogen) atoms. The average molecular weight is 340 g/mol. The fourth-order valence-electron chi connectivity index (χ4n) is 1.87. The van der Waals surface area contributed by atoms with E-state index >= 15 is 0 Å². The van der Waals surface area contributed by atoms with Crippen molar-refractivity contribution in [2.45, 2.75) is 39.3 Å². The normalized spacial score (nSPS) is 11.7. The molecule has 3 nitrogen and oxygen atoms in total. The SMILES string of the molecule is CCCC(N)C(=O)N(CC)Cc1ccc(Cl)c(Cl)c1.Cl.